The molecule has 3 heteroatoms. The first-order valence-electron chi connectivity index (χ1n) is 4.25. The smallest absolute Gasteiger partial charge is 0.0387 e. The fourth-order valence-corrected chi connectivity index (χ4v) is 1.85. The molecular weight excluding hydrogens is 230 g/mol. The maximum absolute atomic E-state index is 7.00. The Balaban J connectivity index is 0.000000396. The minimum absolute atomic E-state index is 0.665. The van der Waals surface area contributed by atoms with Crippen molar-refractivity contribution in [3.63, 3.8) is 0 Å². The summed E-state index contributed by atoms with van der Waals surface area (Å²) in [5.41, 5.74) is 2.72. The van der Waals surface area contributed by atoms with E-state index < -0.39 is 0 Å². The summed E-state index contributed by atoms with van der Waals surface area (Å²) >= 11 is 3.44. The fraction of sp³-hybridized carbons (Fsp3) is 0.400. The molecule has 0 radical (unpaired) electrons. The first-order valence-corrected chi connectivity index (χ1v) is 5.05. The van der Waals surface area contributed by atoms with Crippen molar-refractivity contribution in [3.05, 3.63) is 28.2 Å². The van der Waals surface area contributed by atoms with Gasteiger partial charge in [0.15, 0.2) is 0 Å². The molecule has 0 bridgehead atoms. The Kier molecular flexibility index (Phi) is 3.75. The van der Waals surface area contributed by atoms with Gasteiger partial charge in [0.1, 0.15) is 0 Å². The molecule has 1 unspecified atom stereocenters. The Morgan fingerprint density at radius 3 is 2.85 bits per heavy atom. The summed E-state index contributed by atoms with van der Waals surface area (Å²) in [5, 5.41) is 10.4. The lowest BCUT2D eigenvalue weighted by Gasteiger charge is -2.01. The molecule has 0 fully saturated rings. The van der Waals surface area contributed by atoms with Crippen LogP contribution in [0.1, 0.15) is 18.4 Å². The predicted octanol–water partition coefficient (Wildman–Crippen LogP) is 2.59. The SMILES string of the molecule is CC1CNc2cc(Br)ccc21.CO. The van der Waals surface area contributed by atoms with Crippen LogP contribution in [0, 0.1) is 0 Å². The Morgan fingerprint density at radius 2 is 2.15 bits per heavy atom. The van der Waals surface area contributed by atoms with E-state index in [1.54, 1.807) is 0 Å². The summed E-state index contributed by atoms with van der Waals surface area (Å²) in [7, 11) is 1.00. The number of hydrogen-bond donors (Lipinski definition) is 2. The van der Waals surface area contributed by atoms with E-state index in [2.05, 4.69) is 46.4 Å². The average Bonchev–Trinajstić information content (AvgIpc) is 2.51. The van der Waals surface area contributed by atoms with Gasteiger partial charge in [-0.15, -0.1) is 0 Å². The van der Waals surface area contributed by atoms with Crippen LogP contribution in [-0.4, -0.2) is 18.8 Å². The first kappa shape index (κ1) is 10.5. The Morgan fingerprint density at radius 1 is 1.46 bits per heavy atom. The molecule has 1 aliphatic rings. The van der Waals surface area contributed by atoms with Crippen LogP contribution in [-0.2, 0) is 0 Å². The average molecular weight is 244 g/mol. The van der Waals surface area contributed by atoms with Crippen molar-refractivity contribution >= 4 is 21.6 Å². The number of rotatable bonds is 0. The highest BCUT2D eigenvalue weighted by atomic mass is 79.9. The van der Waals surface area contributed by atoms with E-state index in [9.17, 15) is 0 Å². The van der Waals surface area contributed by atoms with Crippen molar-refractivity contribution < 1.29 is 5.11 Å². The number of aliphatic hydroxyl groups excluding tert-OH is 1. The molecule has 2 nitrogen and oxygen atoms in total. The Hall–Kier alpha value is -0.540. The van der Waals surface area contributed by atoms with Gasteiger partial charge in [-0.25, -0.2) is 0 Å². The molecule has 0 spiro atoms. The zero-order valence-electron chi connectivity index (χ0n) is 7.84. The maximum Gasteiger partial charge on any atom is 0.0387 e. The normalized spacial score (nSPS) is 18.3. The minimum atomic E-state index is 0.665. The molecule has 2 N–H and O–H groups in total. The molecule has 1 heterocycles. The van der Waals surface area contributed by atoms with Crippen LogP contribution < -0.4 is 5.32 Å². The van der Waals surface area contributed by atoms with Crippen LogP contribution in [0.15, 0.2) is 22.7 Å². The fourth-order valence-electron chi connectivity index (χ4n) is 1.48. The molecule has 0 saturated carbocycles. The van der Waals surface area contributed by atoms with Crippen molar-refractivity contribution in [2.24, 2.45) is 0 Å². The largest absolute Gasteiger partial charge is 0.400 e. The highest BCUT2D eigenvalue weighted by Crippen LogP contribution is 2.32. The van der Waals surface area contributed by atoms with Crippen LogP contribution in [0.3, 0.4) is 0 Å². The standard InChI is InChI=1S/C9H10BrN.CH4O/c1-6-5-11-9-4-7(10)2-3-8(6)9;1-2/h2-4,6,11H,5H2,1H3;2H,1H3. The molecule has 0 saturated heterocycles. The lowest BCUT2D eigenvalue weighted by atomic mass is 10.0. The van der Waals surface area contributed by atoms with Crippen molar-refractivity contribution in [2.45, 2.75) is 12.8 Å². The van der Waals surface area contributed by atoms with E-state index in [1.165, 1.54) is 11.3 Å². The van der Waals surface area contributed by atoms with Crippen molar-refractivity contribution in [2.75, 3.05) is 19.0 Å². The summed E-state index contributed by atoms with van der Waals surface area (Å²) in [6.07, 6.45) is 0. The van der Waals surface area contributed by atoms with E-state index in [0.29, 0.717) is 5.92 Å². The molecule has 72 valence electrons. The molecule has 0 aromatic heterocycles. The zero-order chi connectivity index (χ0) is 9.84. The molecule has 13 heavy (non-hydrogen) atoms. The van der Waals surface area contributed by atoms with Gasteiger partial charge in [-0.3, -0.25) is 0 Å². The first-order chi connectivity index (χ1) is 6.27. The minimum Gasteiger partial charge on any atom is -0.400 e. The summed E-state index contributed by atoms with van der Waals surface area (Å²) < 4.78 is 1.15. The van der Waals surface area contributed by atoms with Gasteiger partial charge in [0, 0.05) is 29.7 Å². The second-order valence-corrected chi connectivity index (χ2v) is 3.93. The molecule has 1 aliphatic heterocycles. The molecule has 2 rings (SSSR count). The Labute approximate surface area is 87.1 Å². The lowest BCUT2D eigenvalue weighted by molar-refractivity contribution is 0.399. The van der Waals surface area contributed by atoms with Crippen LogP contribution in [0.25, 0.3) is 0 Å². The van der Waals surface area contributed by atoms with Crippen LogP contribution >= 0.6 is 15.9 Å². The third kappa shape index (κ3) is 2.23. The summed E-state index contributed by atoms with van der Waals surface area (Å²) in [4.78, 5) is 0. The van der Waals surface area contributed by atoms with E-state index in [4.69, 9.17) is 5.11 Å². The number of aliphatic hydroxyl groups is 1. The van der Waals surface area contributed by atoms with E-state index in [1.807, 2.05) is 0 Å². The second kappa shape index (κ2) is 4.63. The van der Waals surface area contributed by atoms with Gasteiger partial charge >= 0.3 is 0 Å². The third-order valence-corrected chi connectivity index (χ3v) is 2.64. The highest BCUT2D eigenvalue weighted by Gasteiger charge is 2.16. The Bertz CT molecular complexity index is 288. The van der Waals surface area contributed by atoms with Crippen molar-refractivity contribution in [1.29, 1.82) is 0 Å². The maximum atomic E-state index is 7.00. The number of halogens is 1. The predicted molar refractivity (Wildman–Crippen MR) is 59.2 cm³/mol. The van der Waals surface area contributed by atoms with Crippen LogP contribution in [0.5, 0.6) is 0 Å². The van der Waals surface area contributed by atoms with Crippen LogP contribution in [0.2, 0.25) is 0 Å². The van der Waals surface area contributed by atoms with Gasteiger partial charge in [0.05, 0.1) is 0 Å². The van der Waals surface area contributed by atoms with Crippen molar-refractivity contribution in [1.82, 2.24) is 0 Å². The quantitative estimate of drug-likeness (QED) is 0.735. The zero-order valence-corrected chi connectivity index (χ0v) is 9.43. The molecule has 1 aromatic carbocycles. The number of benzene rings is 1. The number of fused-ring (bicyclic) bond motifs is 1. The molecule has 1 aromatic rings. The third-order valence-electron chi connectivity index (χ3n) is 2.14. The summed E-state index contributed by atoms with van der Waals surface area (Å²) in [6.45, 7) is 3.32. The lowest BCUT2D eigenvalue weighted by Crippen LogP contribution is -1.95. The summed E-state index contributed by atoms with van der Waals surface area (Å²) in [5.74, 6) is 0.665. The highest BCUT2D eigenvalue weighted by molar-refractivity contribution is 9.10. The number of hydrogen-bond acceptors (Lipinski definition) is 2. The van der Waals surface area contributed by atoms with E-state index in [0.717, 1.165) is 18.1 Å². The molecule has 1 atom stereocenters. The topological polar surface area (TPSA) is 32.3 Å². The van der Waals surface area contributed by atoms with Gasteiger partial charge < -0.3 is 10.4 Å². The molecule has 0 aliphatic carbocycles. The van der Waals surface area contributed by atoms with E-state index >= 15 is 0 Å². The summed E-state index contributed by atoms with van der Waals surface area (Å²) in [6, 6.07) is 6.42. The van der Waals surface area contributed by atoms with Crippen LogP contribution in [0.4, 0.5) is 5.69 Å². The monoisotopic (exact) mass is 243 g/mol. The number of nitrogens with one attached hydrogen (secondary N) is 1. The molecule has 0 amide bonds. The van der Waals surface area contributed by atoms with Crippen molar-refractivity contribution in [3.8, 4) is 0 Å². The van der Waals surface area contributed by atoms with Gasteiger partial charge in [-0.1, -0.05) is 28.9 Å². The van der Waals surface area contributed by atoms with Gasteiger partial charge in [-0.05, 0) is 17.7 Å². The van der Waals surface area contributed by atoms with E-state index in [-0.39, 0.29) is 0 Å². The molecular formula is C10H14BrNO. The van der Waals surface area contributed by atoms with Gasteiger partial charge in [-0.2, -0.15) is 0 Å². The van der Waals surface area contributed by atoms with Gasteiger partial charge in [0.2, 0.25) is 0 Å². The van der Waals surface area contributed by atoms with Gasteiger partial charge in [0.25, 0.3) is 0 Å². The second-order valence-electron chi connectivity index (χ2n) is 3.01. The number of anilines is 1.